The molecule has 0 radical (unpaired) electrons. The van der Waals surface area contributed by atoms with Crippen molar-refractivity contribution >= 4 is 5.91 Å². The Morgan fingerprint density at radius 1 is 1.53 bits per heavy atom. The highest BCUT2D eigenvalue weighted by Gasteiger charge is 2.32. The number of rotatable bonds is 4. The number of amides is 1. The number of carbonyl (C=O) groups is 1. The summed E-state index contributed by atoms with van der Waals surface area (Å²) in [5, 5.41) is 2.94. The highest BCUT2D eigenvalue weighted by molar-refractivity contribution is 5.78. The maximum Gasteiger partial charge on any atom is 0.237 e. The molecule has 0 bridgehead atoms. The van der Waals surface area contributed by atoms with Crippen LogP contribution in [-0.2, 0) is 11.2 Å². The second kappa shape index (κ2) is 6.24. The van der Waals surface area contributed by atoms with Crippen LogP contribution in [0, 0.1) is 5.92 Å². The van der Waals surface area contributed by atoms with Crippen molar-refractivity contribution in [3.63, 3.8) is 0 Å². The van der Waals surface area contributed by atoms with Crippen LogP contribution in [0.3, 0.4) is 0 Å². The van der Waals surface area contributed by atoms with Gasteiger partial charge >= 0.3 is 0 Å². The van der Waals surface area contributed by atoms with E-state index in [4.69, 9.17) is 4.42 Å². The van der Waals surface area contributed by atoms with Crippen molar-refractivity contribution in [2.24, 2.45) is 5.92 Å². The zero-order chi connectivity index (χ0) is 13.8. The SMILES string of the molecule is CCc1ccc(C2CC(C)CCN2C(=O)CNC)o1. The lowest BCUT2D eigenvalue weighted by Gasteiger charge is -2.37. The average molecular weight is 264 g/mol. The molecule has 1 saturated heterocycles. The van der Waals surface area contributed by atoms with Crippen LogP contribution in [0.25, 0.3) is 0 Å². The molecule has 0 spiro atoms. The molecule has 1 amide bonds. The van der Waals surface area contributed by atoms with E-state index in [9.17, 15) is 4.79 Å². The maximum absolute atomic E-state index is 12.2. The Morgan fingerprint density at radius 3 is 2.95 bits per heavy atom. The van der Waals surface area contributed by atoms with Gasteiger partial charge in [-0.15, -0.1) is 0 Å². The van der Waals surface area contributed by atoms with Crippen molar-refractivity contribution in [2.75, 3.05) is 20.1 Å². The number of aryl methyl sites for hydroxylation is 1. The largest absolute Gasteiger partial charge is 0.464 e. The smallest absolute Gasteiger partial charge is 0.237 e. The van der Waals surface area contributed by atoms with Crippen LogP contribution in [0.4, 0.5) is 0 Å². The Morgan fingerprint density at radius 2 is 2.32 bits per heavy atom. The molecule has 106 valence electrons. The van der Waals surface area contributed by atoms with Crippen LogP contribution in [0.2, 0.25) is 0 Å². The van der Waals surface area contributed by atoms with E-state index in [-0.39, 0.29) is 11.9 Å². The van der Waals surface area contributed by atoms with Gasteiger partial charge in [0, 0.05) is 13.0 Å². The van der Waals surface area contributed by atoms with Crippen LogP contribution < -0.4 is 5.32 Å². The molecule has 0 aliphatic carbocycles. The predicted molar refractivity (Wildman–Crippen MR) is 74.9 cm³/mol. The lowest BCUT2D eigenvalue weighted by atomic mass is 9.91. The van der Waals surface area contributed by atoms with Gasteiger partial charge in [0.2, 0.25) is 5.91 Å². The van der Waals surface area contributed by atoms with E-state index >= 15 is 0 Å². The number of nitrogens with zero attached hydrogens (tertiary/aromatic N) is 1. The Balaban J connectivity index is 2.18. The normalized spacial score (nSPS) is 23.6. The van der Waals surface area contributed by atoms with E-state index in [1.807, 2.05) is 24.1 Å². The molecule has 1 aliphatic rings. The summed E-state index contributed by atoms with van der Waals surface area (Å²) in [5.74, 6) is 2.73. The van der Waals surface area contributed by atoms with Gasteiger partial charge in [-0.3, -0.25) is 4.79 Å². The molecule has 1 aromatic rings. The van der Waals surface area contributed by atoms with Crippen molar-refractivity contribution in [1.82, 2.24) is 10.2 Å². The number of furan rings is 1. The van der Waals surface area contributed by atoms with Gasteiger partial charge in [0.05, 0.1) is 12.6 Å². The first kappa shape index (κ1) is 14.1. The fraction of sp³-hybridized carbons (Fsp3) is 0.667. The Kier molecular flexibility index (Phi) is 4.64. The minimum atomic E-state index is 0.102. The lowest BCUT2D eigenvalue weighted by molar-refractivity contribution is -0.135. The van der Waals surface area contributed by atoms with Gasteiger partial charge in [0.25, 0.3) is 0 Å². The van der Waals surface area contributed by atoms with Gasteiger partial charge in [-0.25, -0.2) is 0 Å². The average Bonchev–Trinajstić information content (AvgIpc) is 2.87. The number of hydrogen-bond donors (Lipinski definition) is 1. The van der Waals surface area contributed by atoms with Gasteiger partial charge < -0.3 is 14.6 Å². The molecule has 2 unspecified atom stereocenters. The number of piperidine rings is 1. The van der Waals surface area contributed by atoms with Gasteiger partial charge in [-0.2, -0.15) is 0 Å². The molecule has 2 atom stereocenters. The molecule has 0 saturated carbocycles. The zero-order valence-corrected chi connectivity index (χ0v) is 12.1. The molecule has 4 nitrogen and oxygen atoms in total. The highest BCUT2D eigenvalue weighted by atomic mass is 16.3. The van der Waals surface area contributed by atoms with Crippen molar-refractivity contribution in [3.05, 3.63) is 23.7 Å². The lowest BCUT2D eigenvalue weighted by Crippen LogP contribution is -2.44. The molecule has 1 N–H and O–H groups in total. The van der Waals surface area contributed by atoms with Crippen LogP contribution >= 0.6 is 0 Å². The van der Waals surface area contributed by atoms with E-state index in [0.29, 0.717) is 12.5 Å². The summed E-state index contributed by atoms with van der Waals surface area (Å²) >= 11 is 0. The van der Waals surface area contributed by atoms with Gasteiger partial charge in [0.15, 0.2) is 0 Å². The molecule has 4 heteroatoms. The predicted octanol–water partition coefficient (Wildman–Crippen LogP) is 2.36. The monoisotopic (exact) mass is 264 g/mol. The first-order chi connectivity index (χ1) is 9.15. The van der Waals surface area contributed by atoms with E-state index in [0.717, 1.165) is 37.3 Å². The molecule has 1 aliphatic heterocycles. The number of likely N-dealkylation sites (tertiary alicyclic amines) is 1. The second-order valence-corrected chi connectivity index (χ2v) is 5.42. The third-order valence-corrected chi connectivity index (χ3v) is 3.87. The maximum atomic E-state index is 12.2. The van der Waals surface area contributed by atoms with Gasteiger partial charge in [0.1, 0.15) is 11.5 Å². The van der Waals surface area contributed by atoms with Gasteiger partial charge in [-0.1, -0.05) is 13.8 Å². The third kappa shape index (κ3) is 3.18. The summed E-state index contributed by atoms with van der Waals surface area (Å²) in [4.78, 5) is 14.2. The summed E-state index contributed by atoms with van der Waals surface area (Å²) in [5.41, 5.74) is 0. The molecule has 1 fully saturated rings. The standard InChI is InChI=1S/C15H24N2O2/c1-4-12-5-6-14(19-12)13-9-11(2)7-8-17(13)15(18)10-16-3/h5-6,11,13,16H,4,7-10H2,1-3H3. The van der Waals surface area contributed by atoms with E-state index in [2.05, 4.69) is 19.2 Å². The quantitative estimate of drug-likeness (QED) is 0.908. The fourth-order valence-corrected chi connectivity index (χ4v) is 2.73. The van der Waals surface area contributed by atoms with Crippen molar-refractivity contribution in [3.8, 4) is 0 Å². The van der Waals surface area contributed by atoms with E-state index < -0.39 is 0 Å². The number of hydrogen-bond acceptors (Lipinski definition) is 3. The van der Waals surface area contributed by atoms with Crippen molar-refractivity contribution < 1.29 is 9.21 Å². The third-order valence-electron chi connectivity index (χ3n) is 3.87. The summed E-state index contributed by atoms with van der Waals surface area (Å²) < 4.78 is 5.86. The Bertz CT molecular complexity index is 428. The zero-order valence-electron chi connectivity index (χ0n) is 12.1. The van der Waals surface area contributed by atoms with Crippen LogP contribution in [0.15, 0.2) is 16.5 Å². The first-order valence-electron chi connectivity index (χ1n) is 7.18. The molecule has 1 aromatic heterocycles. The molecule has 2 heterocycles. The summed E-state index contributed by atoms with van der Waals surface area (Å²) in [6, 6.07) is 4.15. The Hall–Kier alpha value is -1.29. The van der Waals surface area contributed by atoms with Crippen molar-refractivity contribution in [2.45, 2.75) is 39.2 Å². The fourth-order valence-electron chi connectivity index (χ4n) is 2.73. The van der Waals surface area contributed by atoms with Crippen LogP contribution in [-0.4, -0.2) is 30.9 Å². The minimum absolute atomic E-state index is 0.102. The number of likely N-dealkylation sites (N-methyl/N-ethyl adjacent to an activating group) is 1. The molecular formula is C15H24N2O2. The van der Waals surface area contributed by atoms with Crippen LogP contribution in [0.1, 0.15) is 44.3 Å². The molecular weight excluding hydrogens is 240 g/mol. The molecule has 0 aromatic carbocycles. The highest BCUT2D eigenvalue weighted by Crippen LogP contribution is 2.34. The summed E-state index contributed by atoms with van der Waals surface area (Å²) in [6.45, 7) is 5.55. The topological polar surface area (TPSA) is 45.5 Å². The number of nitrogens with one attached hydrogen (secondary N) is 1. The van der Waals surface area contributed by atoms with E-state index in [1.54, 1.807) is 0 Å². The second-order valence-electron chi connectivity index (χ2n) is 5.42. The summed E-state index contributed by atoms with van der Waals surface area (Å²) in [7, 11) is 1.81. The molecule has 2 rings (SSSR count). The Labute approximate surface area is 115 Å². The van der Waals surface area contributed by atoms with Crippen molar-refractivity contribution in [1.29, 1.82) is 0 Å². The minimum Gasteiger partial charge on any atom is -0.464 e. The molecule has 19 heavy (non-hydrogen) atoms. The number of carbonyl (C=O) groups excluding carboxylic acids is 1. The van der Waals surface area contributed by atoms with Crippen LogP contribution in [0.5, 0.6) is 0 Å². The first-order valence-corrected chi connectivity index (χ1v) is 7.18. The van der Waals surface area contributed by atoms with Gasteiger partial charge in [-0.05, 0) is 37.9 Å². The summed E-state index contributed by atoms with van der Waals surface area (Å²) in [6.07, 6.45) is 2.96. The van der Waals surface area contributed by atoms with E-state index in [1.165, 1.54) is 0 Å².